The van der Waals surface area contributed by atoms with Gasteiger partial charge < -0.3 is 14.3 Å². The SMILES string of the molecule is COc1ccc(Cl)cc1-n1c(C)cc(C=C(C#N)c2nc3ccc(C)cc3[nH]2)c1C. The molecule has 2 heterocycles. The molecule has 0 aliphatic heterocycles. The zero-order valence-corrected chi connectivity index (χ0v) is 18.0. The largest absolute Gasteiger partial charge is 0.495 e. The number of benzene rings is 2. The number of ether oxygens (including phenoxy) is 1. The fourth-order valence-corrected chi connectivity index (χ4v) is 3.87. The molecule has 0 unspecified atom stereocenters. The molecule has 5 nitrogen and oxygen atoms in total. The van der Waals surface area contributed by atoms with E-state index in [-0.39, 0.29) is 0 Å². The van der Waals surface area contributed by atoms with Crippen molar-refractivity contribution < 1.29 is 4.74 Å². The molecule has 0 fully saturated rings. The minimum atomic E-state index is 0.474. The highest BCUT2D eigenvalue weighted by atomic mass is 35.5. The summed E-state index contributed by atoms with van der Waals surface area (Å²) in [5.41, 5.74) is 7.15. The van der Waals surface area contributed by atoms with E-state index in [9.17, 15) is 5.26 Å². The monoisotopic (exact) mass is 416 g/mol. The third-order valence-corrected chi connectivity index (χ3v) is 5.40. The normalized spacial score (nSPS) is 11.7. The third kappa shape index (κ3) is 3.47. The first-order valence-corrected chi connectivity index (χ1v) is 9.90. The van der Waals surface area contributed by atoms with Gasteiger partial charge in [0.2, 0.25) is 0 Å². The molecule has 2 aromatic heterocycles. The summed E-state index contributed by atoms with van der Waals surface area (Å²) in [6.45, 7) is 6.05. The van der Waals surface area contributed by atoms with Gasteiger partial charge in [-0.1, -0.05) is 17.7 Å². The van der Waals surface area contributed by atoms with Gasteiger partial charge >= 0.3 is 0 Å². The number of methoxy groups -OCH3 is 1. The first-order valence-electron chi connectivity index (χ1n) is 9.52. The second-order valence-electron chi connectivity index (χ2n) is 7.25. The van der Waals surface area contributed by atoms with E-state index in [1.54, 1.807) is 13.2 Å². The Morgan fingerprint density at radius 1 is 1.17 bits per heavy atom. The molecule has 6 heteroatoms. The lowest BCUT2D eigenvalue weighted by atomic mass is 10.1. The highest BCUT2D eigenvalue weighted by molar-refractivity contribution is 6.30. The van der Waals surface area contributed by atoms with Gasteiger partial charge in [-0.15, -0.1) is 0 Å². The van der Waals surface area contributed by atoms with Crippen LogP contribution in [0.5, 0.6) is 5.75 Å². The first kappa shape index (κ1) is 19.8. The van der Waals surface area contributed by atoms with Crippen molar-refractivity contribution in [1.82, 2.24) is 14.5 Å². The Bertz CT molecular complexity index is 1340. The average molecular weight is 417 g/mol. The maximum atomic E-state index is 9.80. The number of fused-ring (bicyclic) bond motifs is 1. The number of rotatable bonds is 4. The van der Waals surface area contributed by atoms with Crippen LogP contribution in [0.15, 0.2) is 42.5 Å². The van der Waals surface area contributed by atoms with Crippen LogP contribution in [0.1, 0.15) is 28.3 Å². The van der Waals surface area contributed by atoms with Crippen LogP contribution in [-0.4, -0.2) is 21.6 Å². The number of hydrogen-bond donors (Lipinski definition) is 1. The summed E-state index contributed by atoms with van der Waals surface area (Å²) < 4.78 is 7.60. The predicted octanol–water partition coefficient (Wildman–Crippen LogP) is 6.01. The highest BCUT2D eigenvalue weighted by Gasteiger charge is 2.16. The number of imidazole rings is 1. The van der Waals surface area contributed by atoms with Gasteiger partial charge in [0, 0.05) is 16.4 Å². The van der Waals surface area contributed by atoms with Gasteiger partial charge in [0.15, 0.2) is 0 Å². The number of halogens is 1. The van der Waals surface area contributed by atoms with Crippen molar-refractivity contribution in [1.29, 1.82) is 5.26 Å². The molecule has 0 radical (unpaired) electrons. The molecule has 0 saturated carbocycles. The van der Waals surface area contributed by atoms with E-state index in [1.807, 2.05) is 63.2 Å². The van der Waals surface area contributed by atoms with E-state index in [0.29, 0.717) is 16.4 Å². The molecule has 4 rings (SSSR count). The minimum Gasteiger partial charge on any atom is -0.495 e. The number of aromatic amines is 1. The van der Waals surface area contributed by atoms with E-state index < -0.39 is 0 Å². The zero-order chi connectivity index (χ0) is 21.4. The zero-order valence-electron chi connectivity index (χ0n) is 17.2. The summed E-state index contributed by atoms with van der Waals surface area (Å²) in [4.78, 5) is 7.85. The summed E-state index contributed by atoms with van der Waals surface area (Å²) in [6, 6.07) is 15.8. The smallest absolute Gasteiger partial charge is 0.149 e. The Labute approximate surface area is 180 Å². The molecule has 150 valence electrons. The van der Waals surface area contributed by atoms with Crippen LogP contribution in [0.25, 0.3) is 28.4 Å². The number of H-pyrrole nitrogens is 1. The summed E-state index contributed by atoms with van der Waals surface area (Å²) in [5.74, 6) is 1.29. The number of nitrogens with zero attached hydrogens (tertiary/aromatic N) is 3. The molecule has 30 heavy (non-hydrogen) atoms. The van der Waals surface area contributed by atoms with Crippen LogP contribution in [0.4, 0.5) is 0 Å². The quantitative estimate of drug-likeness (QED) is 0.414. The standard InChI is InChI=1S/C24H21ClN4O/c1-14-5-7-20-21(9-14)28-24(27-20)18(13-26)11-17-10-15(2)29(16(17)3)22-12-19(25)6-8-23(22)30-4/h5-12H,1-4H3,(H,27,28). The van der Waals surface area contributed by atoms with Crippen LogP contribution < -0.4 is 4.74 Å². The van der Waals surface area contributed by atoms with E-state index in [0.717, 1.165) is 45.0 Å². The lowest BCUT2D eigenvalue weighted by molar-refractivity contribution is 0.412. The fourth-order valence-electron chi connectivity index (χ4n) is 3.70. The molecular formula is C24H21ClN4O. The van der Waals surface area contributed by atoms with Crippen LogP contribution in [-0.2, 0) is 0 Å². The second-order valence-corrected chi connectivity index (χ2v) is 7.69. The topological polar surface area (TPSA) is 66.6 Å². The number of hydrogen-bond acceptors (Lipinski definition) is 3. The van der Waals surface area contributed by atoms with Crippen molar-refractivity contribution in [3.63, 3.8) is 0 Å². The third-order valence-electron chi connectivity index (χ3n) is 5.16. The molecule has 0 atom stereocenters. The van der Waals surface area contributed by atoms with Crippen LogP contribution in [0, 0.1) is 32.1 Å². The van der Waals surface area contributed by atoms with Gasteiger partial charge in [0.05, 0.1) is 29.4 Å². The van der Waals surface area contributed by atoms with Crippen LogP contribution in [0.2, 0.25) is 5.02 Å². The van der Waals surface area contributed by atoms with E-state index in [2.05, 4.69) is 20.6 Å². The summed E-state index contributed by atoms with van der Waals surface area (Å²) >= 11 is 6.24. The molecule has 0 amide bonds. The summed E-state index contributed by atoms with van der Waals surface area (Å²) in [5, 5.41) is 10.4. The summed E-state index contributed by atoms with van der Waals surface area (Å²) in [7, 11) is 1.64. The maximum absolute atomic E-state index is 9.80. The molecule has 0 spiro atoms. The highest BCUT2D eigenvalue weighted by Crippen LogP contribution is 2.32. The second kappa shape index (κ2) is 7.74. The van der Waals surface area contributed by atoms with Crippen LogP contribution >= 0.6 is 11.6 Å². The van der Waals surface area contributed by atoms with Gasteiger partial charge in [-0.25, -0.2) is 4.98 Å². The molecule has 1 N–H and O–H groups in total. The Morgan fingerprint density at radius 2 is 1.97 bits per heavy atom. The van der Waals surface area contributed by atoms with Crippen molar-refractivity contribution in [2.45, 2.75) is 20.8 Å². The van der Waals surface area contributed by atoms with Crippen LogP contribution in [0.3, 0.4) is 0 Å². The Kier molecular flexibility index (Phi) is 5.11. The maximum Gasteiger partial charge on any atom is 0.149 e. The van der Waals surface area contributed by atoms with E-state index >= 15 is 0 Å². The molecule has 4 aromatic rings. The lowest BCUT2D eigenvalue weighted by Gasteiger charge is -2.14. The Morgan fingerprint density at radius 3 is 2.70 bits per heavy atom. The fraction of sp³-hybridized carbons (Fsp3) is 0.167. The van der Waals surface area contributed by atoms with Crippen molar-refractivity contribution >= 4 is 34.3 Å². The van der Waals surface area contributed by atoms with Gasteiger partial charge in [-0.3, -0.25) is 0 Å². The van der Waals surface area contributed by atoms with Crippen molar-refractivity contribution in [3.8, 4) is 17.5 Å². The van der Waals surface area contributed by atoms with Crippen molar-refractivity contribution in [2.24, 2.45) is 0 Å². The number of nitriles is 1. The van der Waals surface area contributed by atoms with Crippen molar-refractivity contribution in [2.75, 3.05) is 7.11 Å². The summed E-state index contributed by atoms with van der Waals surface area (Å²) in [6.07, 6.45) is 1.86. The van der Waals surface area contributed by atoms with Gasteiger partial charge in [-0.2, -0.15) is 5.26 Å². The Hall–Kier alpha value is -3.49. The minimum absolute atomic E-state index is 0.474. The number of allylic oxidation sites excluding steroid dienone is 1. The van der Waals surface area contributed by atoms with Crippen molar-refractivity contribution in [3.05, 3.63) is 75.8 Å². The van der Waals surface area contributed by atoms with E-state index in [1.165, 1.54) is 0 Å². The Balaban J connectivity index is 1.83. The van der Waals surface area contributed by atoms with Gasteiger partial charge in [0.25, 0.3) is 0 Å². The molecular weight excluding hydrogens is 396 g/mol. The average Bonchev–Trinajstić information content (AvgIpc) is 3.25. The molecule has 0 saturated heterocycles. The van der Waals surface area contributed by atoms with Gasteiger partial charge in [0.1, 0.15) is 17.6 Å². The van der Waals surface area contributed by atoms with Gasteiger partial charge in [-0.05, 0) is 74.4 Å². The first-order chi connectivity index (χ1) is 14.4. The molecule has 0 bridgehead atoms. The number of aromatic nitrogens is 3. The lowest BCUT2D eigenvalue weighted by Crippen LogP contribution is -2.02. The number of nitrogens with one attached hydrogen (secondary N) is 1. The molecule has 0 aliphatic carbocycles. The molecule has 0 aliphatic rings. The van der Waals surface area contributed by atoms with E-state index in [4.69, 9.17) is 16.3 Å². The molecule has 2 aromatic carbocycles. The predicted molar refractivity (Wildman–Crippen MR) is 121 cm³/mol. The number of aryl methyl sites for hydroxylation is 2.